The lowest BCUT2D eigenvalue weighted by atomic mass is 9.84. The van der Waals surface area contributed by atoms with Crippen LogP contribution in [0.2, 0.25) is 0 Å². The van der Waals surface area contributed by atoms with E-state index in [9.17, 15) is 9.35 Å². The van der Waals surface area contributed by atoms with Crippen LogP contribution in [0.25, 0.3) is 0 Å². The summed E-state index contributed by atoms with van der Waals surface area (Å²) in [5.41, 5.74) is 1.56. The molecule has 4 nitrogen and oxygen atoms in total. The van der Waals surface area contributed by atoms with Gasteiger partial charge in [-0.3, -0.25) is 4.79 Å². The molecule has 5 heteroatoms. The number of amides is 1. The van der Waals surface area contributed by atoms with E-state index < -0.39 is 11.4 Å². The number of unbranched alkanes of at least 4 members (excludes halogenated alkanes) is 1. The van der Waals surface area contributed by atoms with Gasteiger partial charge in [0.1, 0.15) is 4.75 Å². The van der Waals surface area contributed by atoms with Crippen molar-refractivity contribution in [2.24, 2.45) is 5.92 Å². The largest absolute Gasteiger partial charge is 0.598 e. The number of hydrogen-bond donors (Lipinski definition) is 2. The molecule has 1 aliphatic rings. The first kappa shape index (κ1) is 21.5. The molecule has 0 saturated heterocycles. The van der Waals surface area contributed by atoms with Gasteiger partial charge in [-0.15, -0.1) is 4.72 Å². The highest BCUT2D eigenvalue weighted by molar-refractivity contribution is 7.90. The number of allylic oxidation sites excluding steroid dienone is 1. The Morgan fingerprint density at radius 3 is 2.67 bits per heavy atom. The highest BCUT2D eigenvalue weighted by atomic mass is 32.2. The van der Waals surface area contributed by atoms with Crippen LogP contribution in [0.15, 0.2) is 11.6 Å². The molecule has 140 valence electrons. The van der Waals surface area contributed by atoms with Gasteiger partial charge in [-0.05, 0) is 58.8 Å². The molecule has 0 fully saturated rings. The van der Waals surface area contributed by atoms with Crippen LogP contribution in [0.1, 0.15) is 79.6 Å². The lowest BCUT2D eigenvalue weighted by Crippen LogP contribution is -2.40. The summed E-state index contributed by atoms with van der Waals surface area (Å²) in [4.78, 5) is 12.1. The molecule has 0 heterocycles. The third-order valence-electron chi connectivity index (χ3n) is 4.46. The minimum absolute atomic E-state index is 0.150. The second-order valence-corrected chi connectivity index (χ2v) is 9.95. The molecule has 0 bridgehead atoms. The fraction of sp³-hybridized carbons (Fsp3) is 0.842. The second-order valence-electron chi connectivity index (χ2n) is 7.90. The zero-order chi connectivity index (χ0) is 18.2. The summed E-state index contributed by atoms with van der Waals surface area (Å²) in [5, 5.41) is 3.17. The van der Waals surface area contributed by atoms with Gasteiger partial charge in [-0.1, -0.05) is 31.9 Å². The average molecular weight is 357 g/mol. The summed E-state index contributed by atoms with van der Waals surface area (Å²) in [6.45, 7) is 11.0. The second kappa shape index (κ2) is 10.5. The van der Waals surface area contributed by atoms with Crippen molar-refractivity contribution in [3.63, 3.8) is 0 Å². The Hall–Kier alpha value is -0.520. The number of nitrogens with one attached hydrogen (secondary N) is 2. The smallest absolute Gasteiger partial charge is 0.220 e. The van der Waals surface area contributed by atoms with Gasteiger partial charge in [0.25, 0.3) is 0 Å². The summed E-state index contributed by atoms with van der Waals surface area (Å²) in [6.07, 6.45) is 9.00. The number of carbonyl (C=O) groups is 1. The van der Waals surface area contributed by atoms with Crippen molar-refractivity contribution in [3.8, 4) is 0 Å². The molecule has 1 amide bonds. The Labute approximate surface area is 151 Å². The van der Waals surface area contributed by atoms with E-state index in [4.69, 9.17) is 0 Å². The van der Waals surface area contributed by atoms with Gasteiger partial charge in [0.2, 0.25) is 5.91 Å². The Morgan fingerprint density at radius 1 is 1.38 bits per heavy atom. The Bertz CT molecular complexity index is 418. The predicted molar refractivity (Wildman–Crippen MR) is 103 cm³/mol. The van der Waals surface area contributed by atoms with E-state index in [0.29, 0.717) is 24.9 Å². The van der Waals surface area contributed by atoms with E-state index in [1.807, 2.05) is 20.8 Å². The van der Waals surface area contributed by atoms with Crippen LogP contribution in [-0.4, -0.2) is 27.8 Å². The Morgan fingerprint density at radius 2 is 2.08 bits per heavy atom. The summed E-state index contributed by atoms with van der Waals surface area (Å²) in [6, 6.07) is 0.291. The van der Waals surface area contributed by atoms with Crippen molar-refractivity contribution in [3.05, 3.63) is 11.6 Å². The highest BCUT2D eigenvalue weighted by Gasteiger charge is 2.25. The van der Waals surface area contributed by atoms with Crippen LogP contribution in [0.5, 0.6) is 0 Å². The molecule has 3 unspecified atom stereocenters. The SMILES string of the molecule is CCCC1=CCC(NC(=O)CCCCN[S+]([O-])C(C)(C)C)CC1C. The molecule has 0 spiro atoms. The first-order valence-corrected chi connectivity index (χ1v) is 10.5. The first-order chi connectivity index (χ1) is 11.2. The molecule has 0 saturated carbocycles. The lowest BCUT2D eigenvalue weighted by molar-refractivity contribution is -0.122. The summed E-state index contributed by atoms with van der Waals surface area (Å²) in [5.74, 6) is 0.733. The van der Waals surface area contributed by atoms with Gasteiger partial charge < -0.3 is 9.87 Å². The third kappa shape index (κ3) is 8.04. The Kier molecular flexibility index (Phi) is 9.39. The molecule has 2 N–H and O–H groups in total. The number of hydrogen-bond acceptors (Lipinski definition) is 3. The fourth-order valence-electron chi connectivity index (χ4n) is 3.02. The quantitative estimate of drug-likeness (QED) is 0.375. The minimum Gasteiger partial charge on any atom is -0.598 e. The first-order valence-electron chi connectivity index (χ1n) is 9.37. The normalized spacial score (nSPS) is 22.8. The van der Waals surface area contributed by atoms with E-state index >= 15 is 0 Å². The van der Waals surface area contributed by atoms with Gasteiger partial charge in [0.05, 0.1) is 0 Å². The molecule has 24 heavy (non-hydrogen) atoms. The Balaban J connectivity index is 2.17. The zero-order valence-corrected chi connectivity index (χ0v) is 16.9. The van der Waals surface area contributed by atoms with Crippen LogP contribution in [0.3, 0.4) is 0 Å². The van der Waals surface area contributed by atoms with Crippen LogP contribution >= 0.6 is 0 Å². The van der Waals surface area contributed by atoms with Crippen LogP contribution in [0.4, 0.5) is 0 Å². The molecule has 3 atom stereocenters. The van der Waals surface area contributed by atoms with Gasteiger partial charge in [-0.2, -0.15) is 0 Å². The molecule has 1 rings (SSSR count). The minimum atomic E-state index is -1.02. The molecule has 0 aliphatic heterocycles. The lowest BCUT2D eigenvalue weighted by Gasteiger charge is -2.28. The van der Waals surface area contributed by atoms with Gasteiger partial charge >= 0.3 is 0 Å². The van der Waals surface area contributed by atoms with Crippen molar-refractivity contribution in [1.82, 2.24) is 10.0 Å². The fourth-order valence-corrected chi connectivity index (χ4v) is 3.78. The molecule has 0 radical (unpaired) electrons. The van der Waals surface area contributed by atoms with Gasteiger partial charge in [0.15, 0.2) is 0 Å². The maximum Gasteiger partial charge on any atom is 0.220 e. The third-order valence-corrected chi connectivity index (χ3v) is 6.04. The van der Waals surface area contributed by atoms with Crippen LogP contribution < -0.4 is 10.0 Å². The number of carbonyl (C=O) groups excluding carboxylic acids is 1. The number of rotatable bonds is 9. The van der Waals surface area contributed by atoms with Crippen LogP contribution in [0, 0.1) is 5.92 Å². The van der Waals surface area contributed by atoms with Crippen molar-refractivity contribution in [1.29, 1.82) is 0 Å². The maximum absolute atomic E-state index is 12.1. The monoisotopic (exact) mass is 356 g/mol. The molecule has 0 aromatic rings. The van der Waals surface area contributed by atoms with E-state index in [0.717, 1.165) is 25.7 Å². The van der Waals surface area contributed by atoms with Crippen LogP contribution in [-0.2, 0) is 16.2 Å². The van der Waals surface area contributed by atoms with E-state index in [1.165, 1.54) is 12.8 Å². The van der Waals surface area contributed by atoms with Crippen molar-refractivity contribution >= 4 is 17.3 Å². The van der Waals surface area contributed by atoms with Gasteiger partial charge in [-0.25, -0.2) is 0 Å². The maximum atomic E-state index is 12.1. The zero-order valence-electron chi connectivity index (χ0n) is 16.1. The molecule has 1 aliphatic carbocycles. The highest BCUT2D eigenvalue weighted by Crippen LogP contribution is 2.27. The van der Waals surface area contributed by atoms with Gasteiger partial charge in [0, 0.05) is 30.4 Å². The average Bonchev–Trinajstić information content (AvgIpc) is 2.48. The van der Waals surface area contributed by atoms with Crippen molar-refractivity contribution < 1.29 is 9.35 Å². The molecule has 0 aromatic carbocycles. The van der Waals surface area contributed by atoms with Crippen molar-refractivity contribution in [2.75, 3.05) is 6.54 Å². The summed E-state index contributed by atoms with van der Waals surface area (Å²) < 4.78 is 14.6. The molecular formula is C19H36N2O2S. The summed E-state index contributed by atoms with van der Waals surface area (Å²) >= 11 is -1.02. The molecule has 0 aromatic heterocycles. The van der Waals surface area contributed by atoms with Crippen molar-refractivity contribution in [2.45, 2.75) is 90.4 Å². The molecular weight excluding hydrogens is 320 g/mol. The van der Waals surface area contributed by atoms with E-state index in [2.05, 4.69) is 30.0 Å². The summed E-state index contributed by atoms with van der Waals surface area (Å²) in [7, 11) is 0. The topological polar surface area (TPSA) is 64.2 Å². The van der Waals surface area contributed by atoms with E-state index in [-0.39, 0.29) is 10.7 Å². The predicted octanol–water partition coefficient (Wildman–Crippen LogP) is 3.85. The standard InChI is InChI=1S/C19H36N2O2S/c1-6-9-16-11-12-17(14-15(16)2)21-18(22)10-7-8-13-20-24(23)19(3,4)5/h11,15,17,20H,6-10,12-14H2,1-5H3,(H,21,22). The van der Waals surface area contributed by atoms with E-state index in [1.54, 1.807) is 5.57 Å².